The maximum Gasteiger partial charge on any atom is 0.228 e. The van der Waals surface area contributed by atoms with E-state index in [1.165, 1.54) is 7.11 Å². The van der Waals surface area contributed by atoms with Crippen LogP contribution in [0.15, 0.2) is 36.4 Å². The average Bonchev–Trinajstić information content (AvgIpc) is 2.43. The summed E-state index contributed by atoms with van der Waals surface area (Å²) in [4.78, 5) is 12.1. The summed E-state index contributed by atoms with van der Waals surface area (Å²) >= 11 is 11.8. The maximum atomic E-state index is 12.1. The van der Waals surface area contributed by atoms with Crippen molar-refractivity contribution < 1.29 is 9.53 Å². The molecular formula is C15H14Cl2N2O2. The van der Waals surface area contributed by atoms with Crippen LogP contribution < -0.4 is 15.8 Å². The molecule has 0 atom stereocenters. The van der Waals surface area contributed by atoms with Gasteiger partial charge in [0.15, 0.2) is 0 Å². The predicted octanol–water partition coefficient (Wildman–Crippen LogP) is 3.77. The van der Waals surface area contributed by atoms with E-state index in [1.807, 2.05) is 0 Å². The average molecular weight is 325 g/mol. The summed E-state index contributed by atoms with van der Waals surface area (Å²) < 4.78 is 5.18. The lowest BCUT2D eigenvalue weighted by atomic mass is 10.1. The highest BCUT2D eigenvalue weighted by Gasteiger charge is 2.10. The van der Waals surface area contributed by atoms with Crippen LogP contribution in [-0.2, 0) is 11.2 Å². The molecule has 6 heteroatoms. The van der Waals surface area contributed by atoms with Crippen LogP contribution in [0.25, 0.3) is 0 Å². The second-order valence-corrected chi connectivity index (χ2v) is 5.25. The normalized spacial score (nSPS) is 10.2. The van der Waals surface area contributed by atoms with Gasteiger partial charge in [0.05, 0.1) is 29.3 Å². The summed E-state index contributed by atoms with van der Waals surface area (Å²) in [5.74, 6) is 0.351. The highest BCUT2D eigenvalue weighted by atomic mass is 35.5. The van der Waals surface area contributed by atoms with E-state index in [9.17, 15) is 4.79 Å². The van der Waals surface area contributed by atoms with Crippen molar-refractivity contribution in [3.8, 4) is 5.75 Å². The van der Waals surface area contributed by atoms with Gasteiger partial charge in [0.25, 0.3) is 0 Å². The molecule has 0 saturated heterocycles. The van der Waals surface area contributed by atoms with Crippen LogP contribution in [0.2, 0.25) is 10.0 Å². The third kappa shape index (κ3) is 4.03. The Morgan fingerprint density at radius 2 is 1.95 bits per heavy atom. The van der Waals surface area contributed by atoms with E-state index in [4.69, 9.17) is 33.7 Å². The van der Waals surface area contributed by atoms with Crippen molar-refractivity contribution in [2.75, 3.05) is 18.2 Å². The lowest BCUT2D eigenvalue weighted by Crippen LogP contribution is -2.15. The first-order chi connectivity index (χ1) is 9.99. The molecule has 0 radical (unpaired) electrons. The first-order valence-corrected chi connectivity index (χ1v) is 6.92. The molecule has 1 amide bonds. The molecule has 0 aliphatic carbocycles. The molecule has 0 saturated carbocycles. The minimum Gasteiger partial charge on any atom is -0.495 e. The Morgan fingerprint density at radius 3 is 2.62 bits per heavy atom. The second kappa shape index (κ2) is 6.70. The molecule has 0 bridgehead atoms. The minimum absolute atomic E-state index is 0.175. The third-order valence-corrected chi connectivity index (χ3v) is 3.59. The van der Waals surface area contributed by atoms with Gasteiger partial charge in [-0.1, -0.05) is 29.3 Å². The molecular weight excluding hydrogens is 311 g/mol. The van der Waals surface area contributed by atoms with Crippen LogP contribution in [0.1, 0.15) is 5.56 Å². The Morgan fingerprint density at radius 1 is 1.19 bits per heavy atom. The topological polar surface area (TPSA) is 64.3 Å². The zero-order valence-electron chi connectivity index (χ0n) is 11.3. The first-order valence-electron chi connectivity index (χ1n) is 6.17. The standard InChI is InChI=1S/C15H14Cl2N2O2/c1-21-14-5-3-10(18)8-13(14)19-15(20)7-9-2-4-11(16)12(17)6-9/h2-6,8H,7,18H2,1H3,(H,19,20). The number of benzene rings is 2. The van der Waals surface area contributed by atoms with Gasteiger partial charge in [-0.05, 0) is 35.9 Å². The highest BCUT2D eigenvalue weighted by molar-refractivity contribution is 6.42. The van der Waals surface area contributed by atoms with Crippen molar-refractivity contribution in [2.45, 2.75) is 6.42 Å². The van der Waals surface area contributed by atoms with Gasteiger partial charge in [-0.2, -0.15) is 0 Å². The molecule has 110 valence electrons. The number of amides is 1. The fraction of sp³-hybridized carbons (Fsp3) is 0.133. The number of carbonyl (C=O) groups is 1. The van der Waals surface area contributed by atoms with E-state index in [0.29, 0.717) is 27.2 Å². The molecule has 21 heavy (non-hydrogen) atoms. The molecule has 0 aliphatic heterocycles. The molecule has 2 aromatic carbocycles. The van der Waals surface area contributed by atoms with Crippen LogP contribution in [0.5, 0.6) is 5.75 Å². The first kappa shape index (κ1) is 15.5. The number of halogens is 2. The predicted molar refractivity (Wildman–Crippen MR) is 86.2 cm³/mol. The Bertz CT molecular complexity index is 675. The van der Waals surface area contributed by atoms with Gasteiger partial charge in [0.1, 0.15) is 5.75 Å². The Hall–Kier alpha value is -1.91. The maximum absolute atomic E-state index is 12.1. The van der Waals surface area contributed by atoms with E-state index in [-0.39, 0.29) is 12.3 Å². The number of rotatable bonds is 4. The quantitative estimate of drug-likeness (QED) is 0.841. The number of ether oxygens (including phenoxy) is 1. The molecule has 0 fully saturated rings. The van der Waals surface area contributed by atoms with E-state index >= 15 is 0 Å². The van der Waals surface area contributed by atoms with Crippen LogP contribution in [0, 0.1) is 0 Å². The summed E-state index contributed by atoms with van der Waals surface area (Å²) in [6.45, 7) is 0. The number of nitrogen functional groups attached to an aromatic ring is 1. The fourth-order valence-corrected chi connectivity index (χ4v) is 2.17. The number of hydrogen-bond acceptors (Lipinski definition) is 3. The van der Waals surface area contributed by atoms with Gasteiger partial charge in [-0.15, -0.1) is 0 Å². The van der Waals surface area contributed by atoms with E-state index in [1.54, 1.807) is 36.4 Å². The minimum atomic E-state index is -0.197. The summed E-state index contributed by atoms with van der Waals surface area (Å²) in [5, 5.41) is 3.64. The van der Waals surface area contributed by atoms with Crippen LogP contribution in [0.3, 0.4) is 0 Å². The lowest BCUT2D eigenvalue weighted by Gasteiger charge is -2.11. The van der Waals surface area contributed by atoms with Crippen molar-refractivity contribution in [3.63, 3.8) is 0 Å². The number of hydrogen-bond donors (Lipinski definition) is 2. The molecule has 0 spiro atoms. The molecule has 4 nitrogen and oxygen atoms in total. The number of nitrogens with two attached hydrogens (primary N) is 1. The Labute approximate surface area is 132 Å². The Balaban J connectivity index is 2.11. The SMILES string of the molecule is COc1ccc(N)cc1NC(=O)Cc1ccc(Cl)c(Cl)c1. The van der Waals surface area contributed by atoms with Crippen molar-refractivity contribution in [3.05, 3.63) is 52.0 Å². The van der Waals surface area contributed by atoms with Crippen LogP contribution in [-0.4, -0.2) is 13.0 Å². The Kier molecular flexibility index (Phi) is 4.94. The molecule has 0 heterocycles. The van der Waals surface area contributed by atoms with Gasteiger partial charge in [-0.25, -0.2) is 0 Å². The number of anilines is 2. The summed E-state index contributed by atoms with van der Waals surface area (Å²) in [5.41, 5.74) is 7.55. The van der Waals surface area contributed by atoms with Gasteiger partial charge in [0.2, 0.25) is 5.91 Å². The van der Waals surface area contributed by atoms with Crippen molar-refractivity contribution >= 4 is 40.5 Å². The lowest BCUT2D eigenvalue weighted by molar-refractivity contribution is -0.115. The van der Waals surface area contributed by atoms with Gasteiger partial charge >= 0.3 is 0 Å². The van der Waals surface area contributed by atoms with Crippen molar-refractivity contribution in [1.82, 2.24) is 0 Å². The van der Waals surface area contributed by atoms with E-state index < -0.39 is 0 Å². The zero-order valence-corrected chi connectivity index (χ0v) is 12.8. The summed E-state index contributed by atoms with van der Waals surface area (Å²) in [7, 11) is 1.53. The molecule has 2 rings (SSSR count). The fourth-order valence-electron chi connectivity index (χ4n) is 1.85. The van der Waals surface area contributed by atoms with E-state index in [0.717, 1.165) is 5.56 Å². The van der Waals surface area contributed by atoms with E-state index in [2.05, 4.69) is 5.32 Å². The molecule has 2 aromatic rings. The number of methoxy groups -OCH3 is 1. The van der Waals surface area contributed by atoms with Crippen molar-refractivity contribution in [1.29, 1.82) is 0 Å². The highest BCUT2D eigenvalue weighted by Crippen LogP contribution is 2.27. The molecule has 0 aliphatic rings. The van der Waals surface area contributed by atoms with Gasteiger partial charge in [-0.3, -0.25) is 4.79 Å². The second-order valence-electron chi connectivity index (χ2n) is 4.43. The molecule has 3 N–H and O–H groups in total. The summed E-state index contributed by atoms with van der Waals surface area (Å²) in [6.07, 6.45) is 0.175. The molecule has 0 unspecified atom stereocenters. The molecule has 0 aromatic heterocycles. The monoisotopic (exact) mass is 324 g/mol. The van der Waals surface area contributed by atoms with Crippen LogP contribution in [0.4, 0.5) is 11.4 Å². The smallest absolute Gasteiger partial charge is 0.228 e. The third-order valence-electron chi connectivity index (χ3n) is 2.85. The number of carbonyl (C=O) groups excluding carboxylic acids is 1. The van der Waals surface area contributed by atoms with Crippen molar-refractivity contribution in [2.24, 2.45) is 0 Å². The van der Waals surface area contributed by atoms with Gasteiger partial charge in [0, 0.05) is 5.69 Å². The summed E-state index contributed by atoms with van der Waals surface area (Å²) in [6, 6.07) is 10.1. The van der Waals surface area contributed by atoms with Crippen LogP contribution >= 0.6 is 23.2 Å². The number of nitrogens with one attached hydrogen (secondary N) is 1. The van der Waals surface area contributed by atoms with Gasteiger partial charge < -0.3 is 15.8 Å². The zero-order chi connectivity index (χ0) is 15.4. The largest absolute Gasteiger partial charge is 0.495 e.